The second-order valence-electron chi connectivity index (χ2n) is 5.80. The second-order valence-corrected chi connectivity index (χ2v) is 5.80. The molecule has 0 spiro atoms. The lowest BCUT2D eigenvalue weighted by Gasteiger charge is -2.16. The molecule has 0 amide bonds. The maximum atomic E-state index is 6.09. The highest BCUT2D eigenvalue weighted by Crippen LogP contribution is 2.41. The summed E-state index contributed by atoms with van der Waals surface area (Å²) in [5.41, 5.74) is 11.2. The molecule has 1 fully saturated rings. The van der Waals surface area contributed by atoms with Crippen LogP contribution in [0.1, 0.15) is 41.3 Å². The van der Waals surface area contributed by atoms with E-state index in [2.05, 4.69) is 31.0 Å². The number of hydrogen-bond acceptors (Lipinski definition) is 4. The highest BCUT2D eigenvalue weighted by Gasteiger charge is 2.28. The molecule has 1 heterocycles. The summed E-state index contributed by atoms with van der Waals surface area (Å²) < 4.78 is 5.62. The summed E-state index contributed by atoms with van der Waals surface area (Å²) in [5, 5.41) is 0. The van der Waals surface area contributed by atoms with Gasteiger partial charge in [-0.05, 0) is 50.8 Å². The molecule has 1 aromatic carbocycles. The van der Waals surface area contributed by atoms with Crippen molar-refractivity contribution in [3.63, 3.8) is 0 Å². The fourth-order valence-corrected chi connectivity index (χ4v) is 2.58. The molecule has 21 heavy (non-hydrogen) atoms. The van der Waals surface area contributed by atoms with Gasteiger partial charge in [-0.1, -0.05) is 6.07 Å². The van der Waals surface area contributed by atoms with Crippen molar-refractivity contribution >= 4 is 5.82 Å². The number of ether oxygens (including phenoxy) is 1. The van der Waals surface area contributed by atoms with Crippen LogP contribution < -0.4 is 10.5 Å². The first-order chi connectivity index (χ1) is 10.0. The third-order valence-electron chi connectivity index (χ3n) is 4.28. The Bertz CT molecular complexity index is 706. The Labute approximate surface area is 125 Å². The van der Waals surface area contributed by atoms with Crippen LogP contribution in [-0.4, -0.2) is 17.1 Å². The van der Waals surface area contributed by atoms with Crippen molar-refractivity contribution < 1.29 is 4.74 Å². The van der Waals surface area contributed by atoms with Crippen molar-refractivity contribution in [3.8, 4) is 17.0 Å². The molecular weight excluding hydrogens is 262 g/mol. The summed E-state index contributed by atoms with van der Waals surface area (Å²) in [5.74, 6) is 2.79. The number of hydrogen-bond donors (Lipinski definition) is 1. The van der Waals surface area contributed by atoms with E-state index >= 15 is 0 Å². The van der Waals surface area contributed by atoms with Crippen LogP contribution >= 0.6 is 0 Å². The van der Waals surface area contributed by atoms with Gasteiger partial charge in [0.05, 0.1) is 12.8 Å². The maximum Gasteiger partial charge on any atom is 0.134 e. The molecule has 2 aromatic rings. The van der Waals surface area contributed by atoms with E-state index in [1.165, 1.54) is 5.56 Å². The van der Waals surface area contributed by atoms with Crippen molar-refractivity contribution in [2.24, 2.45) is 0 Å². The van der Waals surface area contributed by atoms with Gasteiger partial charge < -0.3 is 10.5 Å². The number of anilines is 1. The Morgan fingerprint density at radius 2 is 1.81 bits per heavy atom. The predicted octanol–water partition coefficient (Wildman–Crippen LogP) is 3.54. The van der Waals surface area contributed by atoms with Crippen molar-refractivity contribution in [2.45, 2.75) is 39.5 Å². The molecule has 2 N–H and O–H groups in total. The van der Waals surface area contributed by atoms with Crippen LogP contribution in [0.5, 0.6) is 5.75 Å². The lowest BCUT2D eigenvalue weighted by Crippen LogP contribution is -2.05. The van der Waals surface area contributed by atoms with Crippen LogP contribution in [0.25, 0.3) is 11.3 Å². The van der Waals surface area contributed by atoms with Crippen LogP contribution in [0.15, 0.2) is 12.1 Å². The van der Waals surface area contributed by atoms with E-state index in [-0.39, 0.29) is 0 Å². The maximum absolute atomic E-state index is 6.09. The van der Waals surface area contributed by atoms with Gasteiger partial charge in [-0.25, -0.2) is 9.97 Å². The van der Waals surface area contributed by atoms with Crippen LogP contribution in [0, 0.1) is 20.8 Å². The highest BCUT2D eigenvalue weighted by atomic mass is 16.5. The molecule has 0 unspecified atom stereocenters. The Morgan fingerprint density at radius 1 is 1.10 bits per heavy atom. The average molecular weight is 283 g/mol. The lowest BCUT2D eigenvalue weighted by molar-refractivity contribution is 0.413. The molecular formula is C17H21N3O. The molecule has 0 radical (unpaired) electrons. The molecule has 0 saturated heterocycles. The van der Waals surface area contributed by atoms with Gasteiger partial charge in [0.25, 0.3) is 0 Å². The summed E-state index contributed by atoms with van der Waals surface area (Å²) in [6, 6.07) is 4.16. The van der Waals surface area contributed by atoms with Gasteiger partial charge in [0.15, 0.2) is 0 Å². The number of nitrogen functional groups attached to an aromatic ring is 1. The number of nitrogens with two attached hydrogens (primary N) is 1. The van der Waals surface area contributed by atoms with E-state index in [1.807, 2.05) is 6.92 Å². The number of aromatic nitrogens is 2. The SMILES string of the molecule is COc1c(-c2nc(C3CC3)nc(N)c2C)ccc(C)c1C. The molecule has 1 saturated carbocycles. The summed E-state index contributed by atoms with van der Waals surface area (Å²) in [7, 11) is 1.70. The van der Waals surface area contributed by atoms with Gasteiger partial charge >= 0.3 is 0 Å². The molecule has 4 nitrogen and oxygen atoms in total. The lowest BCUT2D eigenvalue weighted by atomic mass is 9.99. The molecule has 3 rings (SSSR count). The minimum Gasteiger partial charge on any atom is -0.496 e. The molecule has 1 aliphatic rings. The molecule has 0 aliphatic heterocycles. The van der Waals surface area contributed by atoms with Gasteiger partial charge in [0.1, 0.15) is 17.4 Å². The van der Waals surface area contributed by atoms with E-state index in [1.54, 1.807) is 7.11 Å². The summed E-state index contributed by atoms with van der Waals surface area (Å²) in [4.78, 5) is 9.22. The Hall–Kier alpha value is -2.10. The summed E-state index contributed by atoms with van der Waals surface area (Å²) >= 11 is 0. The molecule has 110 valence electrons. The van der Waals surface area contributed by atoms with Crippen LogP contribution in [0.2, 0.25) is 0 Å². The van der Waals surface area contributed by atoms with E-state index in [4.69, 9.17) is 15.5 Å². The predicted molar refractivity (Wildman–Crippen MR) is 84.6 cm³/mol. The number of benzene rings is 1. The Kier molecular flexibility index (Phi) is 3.32. The Balaban J connectivity index is 2.22. The molecule has 0 bridgehead atoms. The molecule has 0 atom stereocenters. The van der Waals surface area contributed by atoms with Crippen LogP contribution in [-0.2, 0) is 0 Å². The zero-order valence-electron chi connectivity index (χ0n) is 13.0. The average Bonchev–Trinajstić information content (AvgIpc) is 3.29. The summed E-state index contributed by atoms with van der Waals surface area (Å²) in [6.45, 7) is 6.12. The van der Waals surface area contributed by atoms with Gasteiger partial charge in [0.2, 0.25) is 0 Å². The van der Waals surface area contributed by atoms with E-state index in [0.717, 1.165) is 46.8 Å². The zero-order valence-corrected chi connectivity index (χ0v) is 13.0. The molecule has 1 aliphatic carbocycles. The number of methoxy groups -OCH3 is 1. The van der Waals surface area contributed by atoms with E-state index in [0.29, 0.717) is 11.7 Å². The largest absolute Gasteiger partial charge is 0.496 e. The first-order valence-corrected chi connectivity index (χ1v) is 7.31. The van der Waals surface area contributed by atoms with Gasteiger partial charge in [0, 0.05) is 17.0 Å². The molecule has 1 aromatic heterocycles. The van der Waals surface area contributed by atoms with E-state index in [9.17, 15) is 0 Å². The molecule has 4 heteroatoms. The normalized spacial score (nSPS) is 14.3. The van der Waals surface area contributed by atoms with Crippen molar-refractivity contribution in [1.29, 1.82) is 0 Å². The van der Waals surface area contributed by atoms with Crippen molar-refractivity contribution in [2.75, 3.05) is 12.8 Å². The number of nitrogens with zero attached hydrogens (tertiary/aromatic N) is 2. The van der Waals surface area contributed by atoms with Gasteiger partial charge in [-0.3, -0.25) is 0 Å². The minimum atomic E-state index is 0.476. The first kappa shape index (κ1) is 13.9. The van der Waals surface area contributed by atoms with Crippen molar-refractivity contribution in [3.05, 3.63) is 34.6 Å². The fraction of sp³-hybridized carbons (Fsp3) is 0.412. The fourth-order valence-electron chi connectivity index (χ4n) is 2.58. The van der Waals surface area contributed by atoms with Gasteiger partial charge in [-0.15, -0.1) is 0 Å². The van der Waals surface area contributed by atoms with Crippen molar-refractivity contribution in [1.82, 2.24) is 9.97 Å². The smallest absolute Gasteiger partial charge is 0.134 e. The third kappa shape index (κ3) is 2.35. The quantitative estimate of drug-likeness (QED) is 0.936. The van der Waals surface area contributed by atoms with Crippen LogP contribution in [0.4, 0.5) is 5.82 Å². The zero-order chi connectivity index (χ0) is 15.1. The Morgan fingerprint density at radius 3 is 2.43 bits per heavy atom. The second kappa shape index (κ2) is 5.02. The van der Waals surface area contributed by atoms with E-state index < -0.39 is 0 Å². The summed E-state index contributed by atoms with van der Waals surface area (Å²) in [6.07, 6.45) is 2.32. The van der Waals surface area contributed by atoms with Gasteiger partial charge in [-0.2, -0.15) is 0 Å². The number of aryl methyl sites for hydroxylation is 1. The monoisotopic (exact) mass is 283 g/mol. The third-order valence-corrected chi connectivity index (χ3v) is 4.28. The minimum absolute atomic E-state index is 0.476. The highest BCUT2D eigenvalue weighted by molar-refractivity contribution is 5.75. The van der Waals surface area contributed by atoms with Crippen LogP contribution in [0.3, 0.4) is 0 Å². The standard InChI is InChI=1S/C17H21N3O/c1-9-5-8-13(15(21-4)10(9)2)14-11(3)16(18)20-17(19-14)12-6-7-12/h5,8,12H,6-7H2,1-4H3,(H2,18,19,20). The first-order valence-electron chi connectivity index (χ1n) is 7.31. The number of rotatable bonds is 3. The topological polar surface area (TPSA) is 61.0 Å².